The van der Waals surface area contributed by atoms with Crippen molar-refractivity contribution in [3.63, 3.8) is 0 Å². The number of hydrogen-bond donors (Lipinski definition) is 1. The minimum absolute atomic E-state index is 0.205. The number of carbonyl (C=O) groups is 1. The van der Waals surface area contributed by atoms with Gasteiger partial charge < -0.3 is 14.2 Å². The molecule has 0 bridgehead atoms. The second-order valence-electron chi connectivity index (χ2n) is 6.74. The van der Waals surface area contributed by atoms with Gasteiger partial charge in [-0.2, -0.15) is 0 Å². The molecule has 1 fully saturated rings. The number of halogens is 1. The summed E-state index contributed by atoms with van der Waals surface area (Å²) in [5.74, 6) is 0.485. The Morgan fingerprint density at radius 3 is 2.68 bits per heavy atom. The van der Waals surface area contributed by atoms with Crippen LogP contribution in [0, 0.1) is 0 Å². The summed E-state index contributed by atoms with van der Waals surface area (Å²) in [6.07, 6.45) is 0.410. The standard InChI is InChI=1S/C19H24ClN3O4S/c1-11-7-23(8-12(2)27-11)9-14-10-28-19(21-14)22-18(24)13-5-15(20)17(26-4)16(6-13)25-3/h5-6,10-12H,7-9H2,1-4H3,(H,21,22,24)/t11-,12-/m0/s1. The summed E-state index contributed by atoms with van der Waals surface area (Å²) in [6.45, 7) is 6.61. The number of nitrogens with zero attached hydrogens (tertiary/aromatic N) is 2. The first-order valence-electron chi connectivity index (χ1n) is 8.94. The molecule has 0 unspecified atom stereocenters. The number of thiazole rings is 1. The number of carbonyl (C=O) groups excluding carboxylic acids is 1. The number of rotatable bonds is 6. The van der Waals surface area contributed by atoms with Gasteiger partial charge in [-0.25, -0.2) is 4.98 Å². The van der Waals surface area contributed by atoms with Crippen molar-refractivity contribution in [2.75, 3.05) is 32.6 Å². The molecule has 1 aromatic carbocycles. The van der Waals surface area contributed by atoms with Gasteiger partial charge in [-0.1, -0.05) is 11.6 Å². The largest absolute Gasteiger partial charge is 0.493 e. The number of methoxy groups -OCH3 is 2. The SMILES string of the molecule is COc1cc(C(=O)Nc2nc(CN3C[C@H](C)O[C@@H](C)C3)cs2)cc(Cl)c1OC. The highest BCUT2D eigenvalue weighted by atomic mass is 35.5. The molecule has 2 atom stereocenters. The van der Waals surface area contributed by atoms with Crippen molar-refractivity contribution >= 4 is 34.0 Å². The zero-order valence-corrected chi connectivity index (χ0v) is 17.9. The highest BCUT2D eigenvalue weighted by Gasteiger charge is 2.23. The fraction of sp³-hybridized carbons (Fsp3) is 0.474. The molecule has 0 saturated carbocycles. The minimum Gasteiger partial charge on any atom is -0.493 e. The molecule has 9 heteroatoms. The molecule has 2 aromatic rings. The van der Waals surface area contributed by atoms with E-state index in [9.17, 15) is 4.79 Å². The maximum absolute atomic E-state index is 12.6. The lowest BCUT2D eigenvalue weighted by Crippen LogP contribution is -2.44. The van der Waals surface area contributed by atoms with Gasteiger partial charge in [0.05, 0.1) is 37.1 Å². The summed E-state index contributed by atoms with van der Waals surface area (Å²) in [7, 11) is 2.99. The Balaban J connectivity index is 1.66. The summed E-state index contributed by atoms with van der Waals surface area (Å²) < 4.78 is 16.2. The van der Waals surface area contributed by atoms with E-state index in [0.717, 1.165) is 25.3 Å². The zero-order valence-electron chi connectivity index (χ0n) is 16.3. The maximum Gasteiger partial charge on any atom is 0.257 e. The van der Waals surface area contributed by atoms with E-state index in [0.29, 0.717) is 27.2 Å². The fourth-order valence-electron chi connectivity index (χ4n) is 3.30. The second kappa shape index (κ2) is 9.09. The molecule has 1 amide bonds. The van der Waals surface area contributed by atoms with Gasteiger partial charge in [-0.05, 0) is 26.0 Å². The first-order chi connectivity index (χ1) is 13.4. The van der Waals surface area contributed by atoms with Gasteiger partial charge in [-0.15, -0.1) is 11.3 Å². The van der Waals surface area contributed by atoms with E-state index in [1.165, 1.54) is 25.6 Å². The molecule has 0 aliphatic carbocycles. The van der Waals surface area contributed by atoms with Crippen molar-refractivity contribution < 1.29 is 19.0 Å². The Morgan fingerprint density at radius 1 is 1.32 bits per heavy atom. The molecule has 1 N–H and O–H groups in total. The van der Waals surface area contributed by atoms with E-state index in [2.05, 4.69) is 29.0 Å². The normalized spacial score (nSPS) is 20.0. The number of amides is 1. The van der Waals surface area contributed by atoms with Gasteiger partial charge in [0.15, 0.2) is 16.6 Å². The molecular formula is C19H24ClN3O4S. The van der Waals surface area contributed by atoms with Crippen LogP contribution >= 0.6 is 22.9 Å². The van der Waals surface area contributed by atoms with Crippen LogP contribution < -0.4 is 14.8 Å². The number of hydrogen-bond acceptors (Lipinski definition) is 7. The third-order valence-electron chi connectivity index (χ3n) is 4.35. The third kappa shape index (κ3) is 4.94. The van der Waals surface area contributed by atoms with E-state index < -0.39 is 0 Å². The highest BCUT2D eigenvalue weighted by Crippen LogP contribution is 2.36. The zero-order chi connectivity index (χ0) is 20.3. The Bertz CT molecular complexity index is 835. The Hall–Kier alpha value is -1.87. The predicted octanol–water partition coefficient (Wildman–Crippen LogP) is 3.68. The summed E-state index contributed by atoms with van der Waals surface area (Å²) in [5, 5.41) is 5.63. The van der Waals surface area contributed by atoms with Gasteiger partial charge in [0.25, 0.3) is 5.91 Å². The molecule has 152 valence electrons. The first kappa shape index (κ1) is 20.9. The molecule has 2 heterocycles. The summed E-state index contributed by atoms with van der Waals surface area (Å²) in [5.41, 5.74) is 1.29. The van der Waals surface area contributed by atoms with Gasteiger partial charge >= 0.3 is 0 Å². The molecule has 1 aliphatic heterocycles. The third-order valence-corrected chi connectivity index (χ3v) is 5.44. The number of anilines is 1. The van der Waals surface area contributed by atoms with Gasteiger partial charge in [0.1, 0.15) is 0 Å². The average molecular weight is 426 g/mol. The minimum atomic E-state index is -0.308. The molecule has 0 radical (unpaired) electrons. The Labute approximate surface area is 173 Å². The quantitative estimate of drug-likeness (QED) is 0.761. The van der Waals surface area contributed by atoms with E-state index >= 15 is 0 Å². The van der Waals surface area contributed by atoms with Crippen LogP contribution in [0.5, 0.6) is 11.5 Å². The van der Waals surface area contributed by atoms with Crippen molar-refractivity contribution in [3.05, 3.63) is 33.8 Å². The second-order valence-corrected chi connectivity index (χ2v) is 8.01. The molecule has 3 rings (SSSR count). The van der Waals surface area contributed by atoms with Crippen molar-refractivity contribution in [1.29, 1.82) is 0 Å². The van der Waals surface area contributed by atoms with E-state index in [1.54, 1.807) is 12.1 Å². The van der Waals surface area contributed by atoms with E-state index in [1.807, 2.05) is 5.38 Å². The van der Waals surface area contributed by atoms with Crippen LogP contribution in [0.15, 0.2) is 17.5 Å². The van der Waals surface area contributed by atoms with Crippen LogP contribution in [0.3, 0.4) is 0 Å². The highest BCUT2D eigenvalue weighted by molar-refractivity contribution is 7.14. The topological polar surface area (TPSA) is 72.9 Å². The fourth-order valence-corrected chi connectivity index (χ4v) is 4.28. The monoisotopic (exact) mass is 425 g/mol. The van der Waals surface area contributed by atoms with Crippen LogP contribution in [0.1, 0.15) is 29.9 Å². The lowest BCUT2D eigenvalue weighted by molar-refractivity contribution is -0.0707. The van der Waals surface area contributed by atoms with Crippen molar-refractivity contribution in [2.24, 2.45) is 0 Å². The number of morpholine rings is 1. The van der Waals surface area contributed by atoms with Crippen LogP contribution in [0.2, 0.25) is 5.02 Å². The van der Waals surface area contributed by atoms with Crippen LogP contribution in [-0.4, -0.2) is 55.3 Å². The smallest absolute Gasteiger partial charge is 0.257 e. The average Bonchev–Trinajstić information content (AvgIpc) is 3.06. The molecule has 0 spiro atoms. The van der Waals surface area contributed by atoms with Crippen LogP contribution in [-0.2, 0) is 11.3 Å². The molecule has 1 aliphatic rings. The molecular weight excluding hydrogens is 402 g/mol. The van der Waals surface area contributed by atoms with E-state index in [-0.39, 0.29) is 18.1 Å². The Morgan fingerprint density at radius 2 is 2.04 bits per heavy atom. The molecule has 7 nitrogen and oxygen atoms in total. The van der Waals surface area contributed by atoms with Crippen molar-refractivity contribution in [1.82, 2.24) is 9.88 Å². The molecule has 28 heavy (non-hydrogen) atoms. The van der Waals surface area contributed by atoms with Gasteiger partial charge in [0, 0.05) is 30.6 Å². The first-order valence-corrected chi connectivity index (χ1v) is 10.2. The van der Waals surface area contributed by atoms with Crippen LogP contribution in [0.4, 0.5) is 5.13 Å². The van der Waals surface area contributed by atoms with Gasteiger partial charge in [0.2, 0.25) is 0 Å². The predicted molar refractivity (Wildman–Crippen MR) is 110 cm³/mol. The summed E-state index contributed by atoms with van der Waals surface area (Å²) in [4.78, 5) is 19.4. The van der Waals surface area contributed by atoms with Crippen LogP contribution in [0.25, 0.3) is 0 Å². The van der Waals surface area contributed by atoms with E-state index in [4.69, 9.17) is 25.8 Å². The number of aromatic nitrogens is 1. The number of nitrogens with one attached hydrogen (secondary N) is 1. The lowest BCUT2D eigenvalue weighted by Gasteiger charge is -2.34. The Kier molecular flexibility index (Phi) is 6.77. The number of ether oxygens (including phenoxy) is 3. The summed E-state index contributed by atoms with van der Waals surface area (Å²) in [6, 6.07) is 3.13. The lowest BCUT2D eigenvalue weighted by atomic mass is 10.2. The summed E-state index contributed by atoms with van der Waals surface area (Å²) >= 11 is 7.58. The van der Waals surface area contributed by atoms with Gasteiger partial charge in [-0.3, -0.25) is 15.0 Å². The maximum atomic E-state index is 12.6. The number of benzene rings is 1. The molecule has 1 aromatic heterocycles. The van der Waals surface area contributed by atoms with Crippen molar-refractivity contribution in [3.8, 4) is 11.5 Å². The molecule has 1 saturated heterocycles. The van der Waals surface area contributed by atoms with Crippen molar-refractivity contribution in [2.45, 2.75) is 32.6 Å².